The van der Waals surface area contributed by atoms with E-state index in [-0.39, 0.29) is 0 Å². The van der Waals surface area contributed by atoms with Crippen LogP contribution < -0.4 is 0 Å². The lowest BCUT2D eigenvalue weighted by Gasteiger charge is -2.36. The molecule has 0 radical (unpaired) electrons. The van der Waals surface area contributed by atoms with Crippen LogP contribution in [-0.2, 0) is 6.54 Å². The number of aryl methyl sites for hydroxylation is 1. The molecule has 1 aromatic heterocycles. The fourth-order valence-electron chi connectivity index (χ4n) is 3.59. The molecule has 2 aliphatic heterocycles. The molecule has 2 saturated heterocycles. The van der Waals surface area contributed by atoms with Crippen molar-refractivity contribution >= 4 is 0 Å². The van der Waals surface area contributed by atoms with Crippen molar-refractivity contribution in [3.8, 4) is 0 Å². The lowest BCUT2D eigenvalue weighted by atomic mass is 9.95. The number of imidazole rings is 1. The van der Waals surface area contributed by atoms with E-state index in [1.165, 1.54) is 76.2 Å². The molecule has 0 unspecified atom stereocenters. The molecule has 2 fully saturated rings. The minimum atomic E-state index is 0.921. The third-order valence-electron chi connectivity index (χ3n) is 4.98. The average Bonchev–Trinajstić information content (AvgIpc) is 2.88. The number of rotatable bonds is 4. The van der Waals surface area contributed by atoms with Gasteiger partial charge in [-0.1, -0.05) is 6.42 Å². The SMILES string of the molecule is Cc1[nH]cnc1CN1CCC(CN2CCCCC2)CC1. The van der Waals surface area contributed by atoms with Crippen LogP contribution in [0.4, 0.5) is 0 Å². The van der Waals surface area contributed by atoms with E-state index in [0.29, 0.717) is 0 Å². The molecule has 0 spiro atoms. The van der Waals surface area contributed by atoms with E-state index in [0.717, 1.165) is 12.5 Å². The number of H-pyrrole nitrogens is 1. The van der Waals surface area contributed by atoms with Crippen LogP contribution in [0.1, 0.15) is 43.5 Å². The van der Waals surface area contributed by atoms with Crippen molar-refractivity contribution in [2.75, 3.05) is 32.7 Å². The Kier molecular flexibility index (Phi) is 4.73. The first kappa shape index (κ1) is 14.1. The molecule has 3 heterocycles. The standard InChI is InChI=1S/C16H28N4/c1-14-16(18-13-17-14)12-20-9-5-15(6-10-20)11-19-7-3-2-4-8-19/h13,15H,2-12H2,1H3,(H,17,18). The summed E-state index contributed by atoms with van der Waals surface area (Å²) in [7, 11) is 0. The van der Waals surface area contributed by atoms with Gasteiger partial charge in [0, 0.05) is 18.8 Å². The van der Waals surface area contributed by atoms with Crippen molar-refractivity contribution in [1.29, 1.82) is 0 Å². The third-order valence-corrected chi connectivity index (χ3v) is 4.98. The molecule has 0 saturated carbocycles. The topological polar surface area (TPSA) is 35.2 Å². The minimum Gasteiger partial charge on any atom is -0.348 e. The zero-order chi connectivity index (χ0) is 13.8. The van der Waals surface area contributed by atoms with E-state index in [4.69, 9.17) is 0 Å². The first-order valence-corrected chi connectivity index (χ1v) is 8.25. The number of aromatic amines is 1. The predicted molar refractivity (Wildman–Crippen MR) is 81.6 cm³/mol. The van der Waals surface area contributed by atoms with Gasteiger partial charge in [0.2, 0.25) is 0 Å². The van der Waals surface area contributed by atoms with Gasteiger partial charge in [0.15, 0.2) is 0 Å². The molecule has 4 heteroatoms. The quantitative estimate of drug-likeness (QED) is 0.917. The van der Waals surface area contributed by atoms with Gasteiger partial charge in [-0.2, -0.15) is 0 Å². The first-order valence-electron chi connectivity index (χ1n) is 8.25. The Hall–Kier alpha value is -0.870. The van der Waals surface area contributed by atoms with Crippen LogP contribution in [-0.4, -0.2) is 52.5 Å². The summed E-state index contributed by atoms with van der Waals surface area (Å²) in [5, 5.41) is 0. The number of nitrogens with one attached hydrogen (secondary N) is 1. The highest BCUT2D eigenvalue weighted by molar-refractivity contribution is 5.08. The molecule has 1 N–H and O–H groups in total. The number of aromatic nitrogens is 2. The molecule has 0 atom stereocenters. The summed E-state index contributed by atoms with van der Waals surface area (Å²) >= 11 is 0. The Morgan fingerprint density at radius 3 is 2.50 bits per heavy atom. The molecule has 20 heavy (non-hydrogen) atoms. The minimum absolute atomic E-state index is 0.921. The fraction of sp³-hybridized carbons (Fsp3) is 0.812. The van der Waals surface area contributed by atoms with Crippen LogP contribution >= 0.6 is 0 Å². The van der Waals surface area contributed by atoms with Crippen LogP contribution in [0.3, 0.4) is 0 Å². The first-order chi connectivity index (χ1) is 9.81. The Labute approximate surface area is 122 Å². The van der Waals surface area contributed by atoms with Crippen LogP contribution in [0.25, 0.3) is 0 Å². The monoisotopic (exact) mass is 276 g/mol. The summed E-state index contributed by atoms with van der Waals surface area (Å²) in [5.74, 6) is 0.921. The second-order valence-corrected chi connectivity index (χ2v) is 6.56. The van der Waals surface area contributed by atoms with Gasteiger partial charge in [-0.3, -0.25) is 4.90 Å². The number of nitrogens with zero attached hydrogens (tertiary/aromatic N) is 3. The van der Waals surface area contributed by atoms with E-state index in [1.807, 2.05) is 6.33 Å². The van der Waals surface area contributed by atoms with Crippen molar-refractivity contribution < 1.29 is 0 Å². The molecule has 2 aliphatic rings. The number of likely N-dealkylation sites (tertiary alicyclic amines) is 2. The molecular formula is C16H28N4. The third kappa shape index (κ3) is 3.61. The van der Waals surface area contributed by atoms with Crippen LogP contribution in [0.15, 0.2) is 6.33 Å². The highest BCUT2D eigenvalue weighted by Gasteiger charge is 2.22. The number of piperidine rings is 2. The highest BCUT2D eigenvalue weighted by atomic mass is 15.2. The van der Waals surface area contributed by atoms with Gasteiger partial charge in [0.05, 0.1) is 12.0 Å². The van der Waals surface area contributed by atoms with E-state index in [1.54, 1.807) is 0 Å². The van der Waals surface area contributed by atoms with Gasteiger partial charge in [-0.15, -0.1) is 0 Å². The largest absolute Gasteiger partial charge is 0.348 e. The Morgan fingerprint density at radius 2 is 1.85 bits per heavy atom. The predicted octanol–water partition coefficient (Wildman–Crippen LogP) is 2.42. The molecule has 4 nitrogen and oxygen atoms in total. The maximum atomic E-state index is 4.42. The van der Waals surface area contributed by atoms with Crippen LogP contribution in [0.2, 0.25) is 0 Å². The molecular weight excluding hydrogens is 248 g/mol. The van der Waals surface area contributed by atoms with Gasteiger partial charge >= 0.3 is 0 Å². The van der Waals surface area contributed by atoms with Crippen molar-refractivity contribution in [1.82, 2.24) is 19.8 Å². The van der Waals surface area contributed by atoms with E-state index in [2.05, 4.69) is 26.7 Å². The van der Waals surface area contributed by atoms with Crippen molar-refractivity contribution in [2.24, 2.45) is 5.92 Å². The van der Waals surface area contributed by atoms with Crippen molar-refractivity contribution in [2.45, 2.75) is 45.6 Å². The smallest absolute Gasteiger partial charge is 0.0925 e. The van der Waals surface area contributed by atoms with Gasteiger partial charge in [0.1, 0.15) is 0 Å². The van der Waals surface area contributed by atoms with Gasteiger partial charge in [-0.25, -0.2) is 4.98 Å². The number of hydrogen-bond acceptors (Lipinski definition) is 3. The van der Waals surface area contributed by atoms with E-state index >= 15 is 0 Å². The van der Waals surface area contributed by atoms with Crippen LogP contribution in [0, 0.1) is 12.8 Å². The summed E-state index contributed by atoms with van der Waals surface area (Å²) < 4.78 is 0. The maximum absolute atomic E-state index is 4.42. The fourth-order valence-corrected chi connectivity index (χ4v) is 3.59. The Balaban J connectivity index is 1.41. The molecule has 112 valence electrons. The van der Waals surface area contributed by atoms with Gasteiger partial charge in [-0.05, 0) is 64.7 Å². The molecule has 0 aliphatic carbocycles. The zero-order valence-corrected chi connectivity index (χ0v) is 12.8. The lowest BCUT2D eigenvalue weighted by Crippen LogP contribution is -2.40. The maximum Gasteiger partial charge on any atom is 0.0925 e. The van der Waals surface area contributed by atoms with E-state index < -0.39 is 0 Å². The number of hydrogen-bond donors (Lipinski definition) is 1. The highest BCUT2D eigenvalue weighted by Crippen LogP contribution is 2.21. The van der Waals surface area contributed by atoms with Gasteiger partial charge < -0.3 is 9.88 Å². The molecule has 0 aromatic carbocycles. The summed E-state index contributed by atoms with van der Waals surface area (Å²) in [6.07, 6.45) is 8.81. The Morgan fingerprint density at radius 1 is 1.10 bits per heavy atom. The zero-order valence-electron chi connectivity index (χ0n) is 12.8. The van der Waals surface area contributed by atoms with Crippen molar-refractivity contribution in [3.63, 3.8) is 0 Å². The second-order valence-electron chi connectivity index (χ2n) is 6.56. The normalized spacial score (nSPS) is 23.2. The van der Waals surface area contributed by atoms with Crippen molar-refractivity contribution in [3.05, 3.63) is 17.7 Å². The van der Waals surface area contributed by atoms with Gasteiger partial charge in [0.25, 0.3) is 0 Å². The molecule has 0 bridgehead atoms. The van der Waals surface area contributed by atoms with Crippen LogP contribution in [0.5, 0.6) is 0 Å². The summed E-state index contributed by atoms with van der Waals surface area (Å²) in [5.41, 5.74) is 2.44. The molecule has 3 rings (SSSR count). The Bertz CT molecular complexity index is 400. The molecule has 1 aromatic rings. The summed E-state index contributed by atoms with van der Waals surface area (Å²) in [6, 6.07) is 0. The van der Waals surface area contributed by atoms with E-state index in [9.17, 15) is 0 Å². The summed E-state index contributed by atoms with van der Waals surface area (Å²) in [4.78, 5) is 12.9. The average molecular weight is 276 g/mol. The second kappa shape index (κ2) is 6.72. The summed E-state index contributed by atoms with van der Waals surface area (Å²) in [6.45, 7) is 9.64. The molecule has 0 amide bonds. The lowest BCUT2D eigenvalue weighted by molar-refractivity contribution is 0.127.